The molecule has 142 valence electrons. The van der Waals surface area contributed by atoms with Gasteiger partial charge in [-0.05, 0) is 37.5 Å². The highest BCUT2D eigenvalue weighted by Crippen LogP contribution is 2.26. The molecule has 3 N–H and O–H groups in total. The maximum atomic E-state index is 12.6. The Balaban J connectivity index is 0.00000312. The van der Waals surface area contributed by atoms with E-state index in [0.717, 1.165) is 17.9 Å². The number of hydrogen-bond donors (Lipinski definition) is 3. The van der Waals surface area contributed by atoms with E-state index in [2.05, 4.69) is 24.5 Å². The lowest BCUT2D eigenvalue weighted by Crippen LogP contribution is -2.43. The zero-order valence-electron chi connectivity index (χ0n) is 15.5. The third-order valence-electron chi connectivity index (χ3n) is 4.56. The second-order valence-electron chi connectivity index (χ2n) is 7.55. The van der Waals surface area contributed by atoms with Gasteiger partial charge in [-0.25, -0.2) is 0 Å². The predicted molar refractivity (Wildman–Crippen MR) is 102 cm³/mol. The summed E-state index contributed by atoms with van der Waals surface area (Å²) in [6.45, 7) is 10.6. The molecule has 0 aliphatic carbocycles. The summed E-state index contributed by atoms with van der Waals surface area (Å²) in [6.07, 6.45) is -0.384. The fourth-order valence-corrected chi connectivity index (χ4v) is 2.73. The highest BCUT2D eigenvalue weighted by Gasteiger charge is 2.31. The van der Waals surface area contributed by atoms with Crippen LogP contribution in [0, 0.1) is 11.8 Å². The van der Waals surface area contributed by atoms with Gasteiger partial charge in [0.15, 0.2) is 0 Å². The van der Waals surface area contributed by atoms with Gasteiger partial charge in [0.1, 0.15) is 5.75 Å². The van der Waals surface area contributed by atoms with E-state index >= 15 is 0 Å². The van der Waals surface area contributed by atoms with E-state index in [0.29, 0.717) is 25.6 Å². The molecule has 0 bridgehead atoms. The van der Waals surface area contributed by atoms with Crippen molar-refractivity contribution in [2.75, 3.05) is 26.2 Å². The number of ether oxygens (including phenoxy) is 1. The highest BCUT2D eigenvalue weighted by molar-refractivity contribution is 5.87. The smallest absolute Gasteiger partial charge is 0.230 e. The predicted octanol–water partition coefficient (Wildman–Crippen LogP) is 2.12. The van der Waals surface area contributed by atoms with Crippen molar-refractivity contribution < 1.29 is 14.6 Å². The SMILES string of the molecule is CC(C)COc1ccc(C(C)(C)C(=O)NCC2CNCC2O)cc1.Cl. The maximum Gasteiger partial charge on any atom is 0.230 e. The number of benzene rings is 1. The highest BCUT2D eigenvalue weighted by atomic mass is 35.5. The Hall–Kier alpha value is -1.30. The second kappa shape index (κ2) is 9.41. The third kappa shape index (κ3) is 5.87. The average molecular weight is 371 g/mol. The number of aliphatic hydroxyl groups excluding tert-OH is 1. The molecule has 6 heteroatoms. The van der Waals surface area contributed by atoms with Crippen LogP contribution in [0.15, 0.2) is 24.3 Å². The summed E-state index contributed by atoms with van der Waals surface area (Å²) in [4.78, 5) is 12.6. The van der Waals surface area contributed by atoms with E-state index in [1.165, 1.54) is 0 Å². The van der Waals surface area contributed by atoms with Crippen molar-refractivity contribution in [3.63, 3.8) is 0 Å². The molecule has 2 atom stereocenters. The first-order chi connectivity index (χ1) is 11.3. The quantitative estimate of drug-likeness (QED) is 0.687. The maximum absolute atomic E-state index is 12.6. The van der Waals surface area contributed by atoms with Crippen molar-refractivity contribution in [2.24, 2.45) is 11.8 Å². The number of halogens is 1. The standard InChI is InChI=1S/C19H30N2O3.ClH/c1-13(2)12-24-16-7-5-15(6-8-16)19(3,4)18(23)21-10-14-9-20-11-17(14)22;/h5-8,13-14,17,20,22H,9-12H2,1-4H3,(H,21,23);1H. The van der Waals surface area contributed by atoms with Gasteiger partial charge in [0.25, 0.3) is 0 Å². The van der Waals surface area contributed by atoms with Crippen LogP contribution in [0.4, 0.5) is 0 Å². The van der Waals surface area contributed by atoms with Gasteiger partial charge in [-0.15, -0.1) is 12.4 Å². The third-order valence-corrected chi connectivity index (χ3v) is 4.56. The van der Waals surface area contributed by atoms with Gasteiger partial charge < -0.3 is 20.5 Å². The lowest BCUT2D eigenvalue weighted by atomic mass is 9.83. The van der Waals surface area contributed by atoms with Crippen LogP contribution >= 0.6 is 12.4 Å². The molecule has 2 rings (SSSR count). The van der Waals surface area contributed by atoms with Crippen molar-refractivity contribution in [1.29, 1.82) is 0 Å². The molecule has 1 aromatic carbocycles. The Labute approximate surface area is 156 Å². The Kier molecular flexibility index (Phi) is 8.19. The molecule has 1 amide bonds. The molecule has 1 aliphatic heterocycles. The first kappa shape index (κ1) is 21.7. The van der Waals surface area contributed by atoms with Crippen molar-refractivity contribution in [3.05, 3.63) is 29.8 Å². The van der Waals surface area contributed by atoms with Gasteiger partial charge in [0.2, 0.25) is 5.91 Å². The summed E-state index contributed by atoms with van der Waals surface area (Å²) in [7, 11) is 0. The topological polar surface area (TPSA) is 70.6 Å². The molecule has 1 aromatic rings. The van der Waals surface area contributed by atoms with E-state index in [4.69, 9.17) is 4.74 Å². The number of amides is 1. The molecule has 0 aromatic heterocycles. The van der Waals surface area contributed by atoms with Gasteiger partial charge in [-0.1, -0.05) is 26.0 Å². The zero-order valence-corrected chi connectivity index (χ0v) is 16.4. The second-order valence-corrected chi connectivity index (χ2v) is 7.55. The lowest BCUT2D eigenvalue weighted by Gasteiger charge is -2.26. The van der Waals surface area contributed by atoms with E-state index in [1.54, 1.807) is 0 Å². The summed E-state index contributed by atoms with van der Waals surface area (Å²) >= 11 is 0. The molecule has 0 radical (unpaired) electrons. The number of carbonyl (C=O) groups excluding carboxylic acids is 1. The molecule has 2 unspecified atom stereocenters. The molecule has 0 spiro atoms. The van der Waals surface area contributed by atoms with E-state index < -0.39 is 5.41 Å². The van der Waals surface area contributed by atoms with Gasteiger partial charge in [-0.2, -0.15) is 0 Å². The molecule has 1 heterocycles. The molecule has 5 nitrogen and oxygen atoms in total. The molecule has 1 aliphatic rings. The Morgan fingerprint density at radius 1 is 1.32 bits per heavy atom. The van der Waals surface area contributed by atoms with Crippen LogP contribution in [0.1, 0.15) is 33.3 Å². The number of rotatable bonds is 7. The Morgan fingerprint density at radius 2 is 1.96 bits per heavy atom. The minimum atomic E-state index is -0.631. The fourth-order valence-electron chi connectivity index (χ4n) is 2.73. The van der Waals surface area contributed by atoms with Crippen LogP contribution in [0.2, 0.25) is 0 Å². The van der Waals surface area contributed by atoms with Crippen LogP contribution < -0.4 is 15.4 Å². The van der Waals surface area contributed by atoms with Crippen molar-refractivity contribution in [2.45, 2.75) is 39.2 Å². The summed E-state index contributed by atoms with van der Waals surface area (Å²) in [5, 5.41) is 15.9. The van der Waals surface area contributed by atoms with Crippen LogP contribution in [0.3, 0.4) is 0 Å². The van der Waals surface area contributed by atoms with Crippen molar-refractivity contribution in [1.82, 2.24) is 10.6 Å². The normalized spacial score (nSPS) is 20.2. The first-order valence-corrected chi connectivity index (χ1v) is 8.71. The van der Waals surface area contributed by atoms with Crippen LogP contribution in [0.25, 0.3) is 0 Å². The minimum Gasteiger partial charge on any atom is -0.493 e. The van der Waals surface area contributed by atoms with E-state index in [1.807, 2.05) is 38.1 Å². The van der Waals surface area contributed by atoms with Crippen LogP contribution in [-0.2, 0) is 10.2 Å². The number of β-amino-alcohol motifs (C(OH)–C–C–N with tert-alkyl or cyclic N) is 1. The minimum absolute atomic E-state index is 0. The fraction of sp³-hybridized carbons (Fsp3) is 0.632. The van der Waals surface area contributed by atoms with Crippen molar-refractivity contribution in [3.8, 4) is 5.75 Å². The monoisotopic (exact) mass is 370 g/mol. The van der Waals surface area contributed by atoms with Crippen molar-refractivity contribution >= 4 is 18.3 Å². The summed E-state index contributed by atoms with van der Waals surface area (Å²) in [5.41, 5.74) is 0.315. The van der Waals surface area contributed by atoms with Gasteiger partial charge in [-0.3, -0.25) is 4.79 Å². The summed E-state index contributed by atoms with van der Waals surface area (Å²) in [6, 6.07) is 7.72. The summed E-state index contributed by atoms with van der Waals surface area (Å²) in [5.74, 6) is 1.35. The molecule has 1 fully saturated rings. The number of carbonyl (C=O) groups is 1. The number of hydrogen-bond acceptors (Lipinski definition) is 4. The van der Waals surface area contributed by atoms with Crippen LogP contribution in [-0.4, -0.2) is 43.4 Å². The number of nitrogens with one attached hydrogen (secondary N) is 2. The molecule has 25 heavy (non-hydrogen) atoms. The molecule has 1 saturated heterocycles. The zero-order chi connectivity index (χ0) is 17.7. The number of aliphatic hydroxyl groups is 1. The van der Waals surface area contributed by atoms with Crippen LogP contribution in [0.5, 0.6) is 5.75 Å². The largest absolute Gasteiger partial charge is 0.493 e. The van der Waals surface area contributed by atoms with E-state index in [9.17, 15) is 9.90 Å². The molecule has 0 saturated carbocycles. The van der Waals surface area contributed by atoms with Gasteiger partial charge in [0.05, 0.1) is 18.1 Å². The van der Waals surface area contributed by atoms with Gasteiger partial charge in [0, 0.05) is 25.6 Å². The Morgan fingerprint density at radius 3 is 2.48 bits per heavy atom. The molecular formula is C19H31ClN2O3. The molecular weight excluding hydrogens is 340 g/mol. The first-order valence-electron chi connectivity index (χ1n) is 8.71. The van der Waals surface area contributed by atoms with Gasteiger partial charge >= 0.3 is 0 Å². The lowest BCUT2D eigenvalue weighted by molar-refractivity contribution is -0.125. The average Bonchev–Trinajstić information content (AvgIpc) is 2.96. The summed E-state index contributed by atoms with van der Waals surface area (Å²) < 4.78 is 5.69. The van der Waals surface area contributed by atoms with E-state index in [-0.39, 0.29) is 30.3 Å². The Bertz CT molecular complexity index is 546.